The van der Waals surface area contributed by atoms with Crippen molar-refractivity contribution in [1.82, 2.24) is 15.1 Å². The number of carbonyl (C=O) groups is 1. The molecule has 0 aliphatic carbocycles. The Bertz CT molecular complexity index is 921. The Balaban J connectivity index is 1.87. The fraction of sp³-hybridized carbons (Fsp3) is 0.300. The number of amides is 1. The van der Waals surface area contributed by atoms with Gasteiger partial charge in [-0.05, 0) is 33.3 Å². The molecule has 2 heterocycles. The smallest absolute Gasteiger partial charge is 0.275 e. The van der Waals surface area contributed by atoms with Crippen molar-refractivity contribution in [3.05, 3.63) is 65.3 Å². The molecule has 0 spiro atoms. The number of anilines is 2. The maximum absolute atomic E-state index is 12.6. The van der Waals surface area contributed by atoms with E-state index in [4.69, 9.17) is 4.52 Å². The van der Waals surface area contributed by atoms with Crippen LogP contribution in [0.3, 0.4) is 0 Å². The Morgan fingerprint density at radius 1 is 1.15 bits per heavy atom. The van der Waals surface area contributed by atoms with E-state index in [9.17, 15) is 4.79 Å². The first kappa shape index (κ1) is 18.6. The third kappa shape index (κ3) is 4.69. The van der Waals surface area contributed by atoms with Gasteiger partial charge >= 0.3 is 0 Å². The van der Waals surface area contributed by atoms with Crippen LogP contribution >= 0.6 is 0 Å². The molecule has 7 nitrogen and oxygen atoms in total. The van der Waals surface area contributed by atoms with E-state index in [1.54, 1.807) is 26.0 Å². The molecule has 0 unspecified atom stereocenters. The molecule has 0 aliphatic heterocycles. The second-order valence-corrected chi connectivity index (χ2v) is 6.64. The second kappa shape index (κ2) is 7.99. The fourth-order valence-corrected chi connectivity index (χ4v) is 2.73. The Labute approximate surface area is 158 Å². The molecule has 7 heteroatoms. The molecule has 0 fully saturated rings. The van der Waals surface area contributed by atoms with Crippen LogP contribution in [0.1, 0.15) is 41.5 Å². The number of aryl methyl sites for hydroxylation is 2. The molecular formula is C20H23N5O2. The lowest BCUT2D eigenvalue weighted by Crippen LogP contribution is -2.31. The van der Waals surface area contributed by atoms with E-state index in [1.165, 1.54) is 5.56 Å². The second-order valence-electron chi connectivity index (χ2n) is 6.64. The Hall–Kier alpha value is -3.22. The van der Waals surface area contributed by atoms with Gasteiger partial charge in [-0.1, -0.05) is 35.5 Å². The zero-order valence-corrected chi connectivity index (χ0v) is 15.9. The summed E-state index contributed by atoms with van der Waals surface area (Å²) in [7, 11) is 0. The lowest BCUT2D eigenvalue weighted by atomic mass is 10.2. The maximum atomic E-state index is 12.6. The largest absolute Gasteiger partial charge is 0.360 e. The number of carbonyl (C=O) groups excluding carboxylic acids is 1. The lowest BCUT2D eigenvalue weighted by Gasteiger charge is -2.28. The van der Waals surface area contributed by atoms with Crippen molar-refractivity contribution in [1.29, 1.82) is 0 Å². The van der Waals surface area contributed by atoms with Crippen LogP contribution in [0.15, 0.2) is 47.0 Å². The summed E-state index contributed by atoms with van der Waals surface area (Å²) in [5, 5.41) is 6.48. The van der Waals surface area contributed by atoms with Crippen molar-refractivity contribution in [3.63, 3.8) is 0 Å². The minimum absolute atomic E-state index is 0.202. The van der Waals surface area contributed by atoms with Crippen molar-refractivity contribution >= 4 is 17.5 Å². The fourth-order valence-electron chi connectivity index (χ4n) is 2.73. The van der Waals surface area contributed by atoms with Crippen LogP contribution in [0.25, 0.3) is 0 Å². The monoisotopic (exact) mass is 365 g/mol. The third-order valence-corrected chi connectivity index (χ3v) is 4.04. The van der Waals surface area contributed by atoms with Gasteiger partial charge in [0.25, 0.3) is 5.91 Å². The topological polar surface area (TPSA) is 84.2 Å². The standard InChI is InChI=1S/C20H23N5O2/c1-13(2)25(12-16-8-6-5-7-9-16)19-11-17(21-15(4)22-19)20(26)23-18-10-14(3)27-24-18/h5-11,13H,12H2,1-4H3,(H,23,24,26). The minimum Gasteiger partial charge on any atom is -0.360 e. The summed E-state index contributed by atoms with van der Waals surface area (Å²) in [4.78, 5) is 23.5. The zero-order chi connectivity index (χ0) is 19.4. The summed E-state index contributed by atoms with van der Waals surface area (Å²) >= 11 is 0. The Morgan fingerprint density at radius 3 is 2.52 bits per heavy atom. The summed E-state index contributed by atoms with van der Waals surface area (Å²) < 4.78 is 4.98. The molecular weight excluding hydrogens is 342 g/mol. The van der Waals surface area contributed by atoms with Crippen LogP contribution in [-0.4, -0.2) is 27.1 Å². The first-order valence-electron chi connectivity index (χ1n) is 8.83. The predicted molar refractivity (Wildman–Crippen MR) is 104 cm³/mol. The Kier molecular flexibility index (Phi) is 5.49. The zero-order valence-electron chi connectivity index (χ0n) is 15.9. The number of hydrogen-bond donors (Lipinski definition) is 1. The van der Waals surface area contributed by atoms with Gasteiger partial charge in [0, 0.05) is 24.7 Å². The highest BCUT2D eigenvalue weighted by atomic mass is 16.5. The van der Waals surface area contributed by atoms with Gasteiger partial charge in [-0.15, -0.1) is 0 Å². The molecule has 0 saturated heterocycles. The normalized spacial score (nSPS) is 10.9. The van der Waals surface area contributed by atoms with Gasteiger partial charge in [0.1, 0.15) is 23.1 Å². The van der Waals surface area contributed by atoms with Gasteiger partial charge in [0.15, 0.2) is 5.82 Å². The quantitative estimate of drug-likeness (QED) is 0.716. The van der Waals surface area contributed by atoms with Crippen LogP contribution < -0.4 is 10.2 Å². The van der Waals surface area contributed by atoms with Gasteiger partial charge in [0.05, 0.1) is 0 Å². The molecule has 1 N–H and O–H groups in total. The van der Waals surface area contributed by atoms with Crippen LogP contribution in [0.2, 0.25) is 0 Å². The van der Waals surface area contributed by atoms with E-state index < -0.39 is 0 Å². The molecule has 1 amide bonds. The molecule has 3 rings (SSSR count). The molecule has 27 heavy (non-hydrogen) atoms. The highest BCUT2D eigenvalue weighted by Crippen LogP contribution is 2.20. The van der Waals surface area contributed by atoms with E-state index in [-0.39, 0.29) is 17.6 Å². The maximum Gasteiger partial charge on any atom is 0.275 e. The molecule has 1 aromatic carbocycles. The van der Waals surface area contributed by atoms with Gasteiger partial charge in [-0.2, -0.15) is 0 Å². The van der Waals surface area contributed by atoms with Crippen molar-refractivity contribution in [3.8, 4) is 0 Å². The molecule has 0 radical (unpaired) electrons. The van der Waals surface area contributed by atoms with E-state index in [1.807, 2.05) is 18.2 Å². The number of nitrogens with zero attached hydrogens (tertiary/aromatic N) is 4. The first-order valence-corrected chi connectivity index (χ1v) is 8.83. The number of hydrogen-bond acceptors (Lipinski definition) is 6. The van der Waals surface area contributed by atoms with Crippen LogP contribution in [0, 0.1) is 13.8 Å². The van der Waals surface area contributed by atoms with Crippen molar-refractivity contribution in [2.45, 2.75) is 40.3 Å². The summed E-state index contributed by atoms with van der Waals surface area (Å²) in [5.74, 6) is 1.88. The number of benzene rings is 1. The SMILES string of the molecule is Cc1nc(C(=O)Nc2cc(C)on2)cc(N(Cc2ccccc2)C(C)C)n1. The van der Waals surface area contributed by atoms with E-state index in [0.29, 0.717) is 29.8 Å². The summed E-state index contributed by atoms with van der Waals surface area (Å²) in [5.41, 5.74) is 1.46. The molecule has 0 saturated carbocycles. The molecule has 3 aromatic rings. The van der Waals surface area contributed by atoms with Crippen LogP contribution in [-0.2, 0) is 6.54 Å². The third-order valence-electron chi connectivity index (χ3n) is 4.04. The molecule has 0 atom stereocenters. The molecule has 0 bridgehead atoms. The summed E-state index contributed by atoms with van der Waals surface area (Å²) in [6.45, 7) is 8.43. The van der Waals surface area contributed by atoms with Gasteiger partial charge in [0.2, 0.25) is 0 Å². The van der Waals surface area contributed by atoms with Crippen LogP contribution in [0.4, 0.5) is 11.6 Å². The van der Waals surface area contributed by atoms with E-state index in [2.05, 4.69) is 51.3 Å². The Morgan fingerprint density at radius 2 is 1.89 bits per heavy atom. The van der Waals surface area contributed by atoms with Gasteiger partial charge in [-0.25, -0.2) is 9.97 Å². The number of rotatable bonds is 6. The van der Waals surface area contributed by atoms with E-state index >= 15 is 0 Å². The lowest BCUT2D eigenvalue weighted by molar-refractivity contribution is 0.102. The molecule has 140 valence electrons. The highest BCUT2D eigenvalue weighted by molar-refractivity contribution is 6.02. The van der Waals surface area contributed by atoms with Crippen molar-refractivity contribution in [2.24, 2.45) is 0 Å². The average molecular weight is 365 g/mol. The average Bonchev–Trinajstić information content (AvgIpc) is 3.04. The van der Waals surface area contributed by atoms with E-state index in [0.717, 1.165) is 0 Å². The van der Waals surface area contributed by atoms with Crippen molar-refractivity contribution in [2.75, 3.05) is 10.2 Å². The van der Waals surface area contributed by atoms with Crippen molar-refractivity contribution < 1.29 is 9.32 Å². The first-order chi connectivity index (χ1) is 12.9. The summed E-state index contributed by atoms with van der Waals surface area (Å²) in [6.07, 6.45) is 0. The molecule has 0 aliphatic rings. The number of aromatic nitrogens is 3. The van der Waals surface area contributed by atoms with Gasteiger partial charge < -0.3 is 14.7 Å². The van der Waals surface area contributed by atoms with Crippen LogP contribution in [0.5, 0.6) is 0 Å². The minimum atomic E-state index is -0.349. The predicted octanol–water partition coefficient (Wildman–Crippen LogP) is 3.75. The molecule has 2 aromatic heterocycles. The number of nitrogens with one attached hydrogen (secondary N) is 1. The van der Waals surface area contributed by atoms with Gasteiger partial charge in [-0.3, -0.25) is 4.79 Å². The summed E-state index contributed by atoms with van der Waals surface area (Å²) in [6, 6.07) is 13.7. The highest BCUT2D eigenvalue weighted by Gasteiger charge is 2.18.